The lowest BCUT2D eigenvalue weighted by atomic mass is 10.1. The van der Waals surface area contributed by atoms with Crippen LogP contribution >= 0.6 is 15.9 Å². The quantitative estimate of drug-likeness (QED) is 0.742. The molecule has 0 unspecified atom stereocenters. The van der Waals surface area contributed by atoms with Crippen molar-refractivity contribution >= 4 is 27.5 Å². The molecule has 4 nitrogen and oxygen atoms in total. The molecule has 4 N–H and O–H groups in total. The number of anilines is 1. The summed E-state index contributed by atoms with van der Waals surface area (Å²) in [6.45, 7) is 0.355. The highest BCUT2D eigenvalue weighted by atomic mass is 79.9. The first-order chi connectivity index (χ1) is 7.57. The van der Waals surface area contributed by atoms with Crippen LogP contribution < -0.4 is 11.1 Å². The number of rotatable bonds is 3. The van der Waals surface area contributed by atoms with Crippen LogP contribution in [0.5, 0.6) is 5.75 Å². The molecule has 1 saturated carbocycles. The molecule has 0 saturated heterocycles. The normalized spacial score (nSPS) is 16.9. The van der Waals surface area contributed by atoms with Gasteiger partial charge >= 0.3 is 0 Å². The zero-order valence-corrected chi connectivity index (χ0v) is 10.3. The van der Waals surface area contributed by atoms with Crippen LogP contribution in [0.15, 0.2) is 22.7 Å². The Kier molecular flexibility index (Phi) is 2.90. The molecule has 1 aliphatic rings. The van der Waals surface area contributed by atoms with Gasteiger partial charge in [0.25, 0.3) is 0 Å². The van der Waals surface area contributed by atoms with E-state index in [4.69, 9.17) is 5.73 Å². The van der Waals surface area contributed by atoms with E-state index in [1.54, 1.807) is 12.1 Å². The second kappa shape index (κ2) is 4.07. The maximum absolute atomic E-state index is 11.9. The third-order valence-corrected chi connectivity index (χ3v) is 3.43. The van der Waals surface area contributed by atoms with Gasteiger partial charge in [0, 0.05) is 11.0 Å². The third kappa shape index (κ3) is 2.05. The van der Waals surface area contributed by atoms with Gasteiger partial charge in [-0.15, -0.1) is 0 Å². The molecule has 1 aromatic rings. The van der Waals surface area contributed by atoms with Gasteiger partial charge in [-0.2, -0.15) is 0 Å². The number of halogens is 1. The minimum absolute atomic E-state index is 0.0596. The number of phenolic OH excluding ortho intramolecular Hbond substituents is 1. The third-order valence-electron chi connectivity index (χ3n) is 2.93. The van der Waals surface area contributed by atoms with Crippen molar-refractivity contribution < 1.29 is 9.90 Å². The first-order valence-corrected chi connectivity index (χ1v) is 5.87. The fourth-order valence-electron chi connectivity index (χ4n) is 1.54. The van der Waals surface area contributed by atoms with Crippen molar-refractivity contribution in [2.24, 2.45) is 11.1 Å². The van der Waals surface area contributed by atoms with E-state index in [1.807, 2.05) is 0 Å². The molecule has 86 valence electrons. The van der Waals surface area contributed by atoms with Crippen LogP contribution in [0.2, 0.25) is 0 Å². The zero-order chi connectivity index (χ0) is 11.8. The Morgan fingerprint density at radius 1 is 1.56 bits per heavy atom. The highest BCUT2D eigenvalue weighted by Gasteiger charge is 2.48. The number of nitrogens with one attached hydrogen (secondary N) is 1. The number of hydrogen-bond donors (Lipinski definition) is 3. The number of amides is 1. The Morgan fingerprint density at radius 3 is 2.81 bits per heavy atom. The van der Waals surface area contributed by atoms with Gasteiger partial charge < -0.3 is 16.2 Å². The molecule has 16 heavy (non-hydrogen) atoms. The molecule has 0 aliphatic heterocycles. The monoisotopic (exact) mass is 284 g/mol. The summed E-state index contributed by atoms with van der Waals surface area (Å²) in [4.78, 5) is 11.9. The van der Waals surface area contributed by atoms with Gasteiger partial charge in [0.15, 0.2) is 0 Å². The van der Waals surface area contributed by atoms with E-state index in [9.17, 15) is 9.90 Å². The van der Waals surface area contributed by atoms with E-state index in [0.29, 0.717) is 12.2 Å². The number of nitrogens with two attached hydrogens (primary N) is 1. The van der Waals surface area contributed by atoms with Crippen molar-refractivity contribution in [3.63, 3.8) is 0 Å². The lowest BCUT2D eigenvalue weighted by Gasteiger charge is -2.13. The molecule has 0 heterocycles. The number of phenols is 1. The number of benzene rings is 1. The molecule has 0 aromatic heterocycles. The molecule has 1 aromatic carbocycles. The van der Waals surface area contributed by atoms with Gasteiger partial charge in [-0.3, -0.25) is 4.79 Å². The van der Waals surface area contributed by atoms with Crippen LogP contribution in [0.1, 0.15) is 12.8 Å². The van der Waals surface area contributed by atoms with Gasteiger partial charge in [0.2, 0.25) is 5.91 Å². The summed E-state index contributed by atoms with van der Waals surface area (Å²) in [7, 11) is 0. The summed E-state index contributed by atoms with van der Waals surface area (Å²) in [6, 6.07) is 4.91. The number of carbonyl (C=O) groups excluding carboxylic acids is 1. The molecule has 0 radical (unpaired) electrons. The fraction of sp³-hybridized carbons (Fsp3) is 0.364. The van der Waals surface area contributed by atoms with Crippen LogP contribution in [0.4, 0.5) is 5.69 Å². The molecule has 1 fully saturated rings. The highest BCUT2D eigenvalue weighted by Crippen LogP contribution is 2.45. The Morgan fingerprint density at radius 2 is 2.25 bits per heavy atom. The van der Waals surface area contributed by atoms with E-state index < -0.39 is 5.41 Å². The zero-order valence-electron chi connectivity index (χ0n) is 8.66. The predicted molar refractivity (Wildman–Crippen MR) is 65.2 cm³/mol. The second-order valence-electron chi connectivity index (χ2n) is 4.10. The van der Waals surface area contributed by atoms with Crippen molar-refractivity contribution in [1.29, 1.82) is 0 Å². The van der Waals surface area contributed by atoms with E-state index in [1.165, 1.54) is 6.07 Å². The van der Waals surface area contributed by atoms with E-state index >= 15 is 0 Å². The summed E-state index contributed by atoms with van der Waals surface area (Å²) in [5.41, 5.74) is 5.57. The molecule has 1 amide bonds. The minimum atomic E-state index is -0.408. The van der Waals surface area contributed by atoms with Crippen molar-refractivity contribution in [2.45, 2.75) is 12.8 Å². The average molecular weight is 285 g/mol. The highest BCUT2D eigenvalue weighted by molar-refractivity contribution is 9.10. The van der Waals surface area contributed by atoms with Crippen LogP contribution in [-0.2, 0) is 4.79 Å². The minimum Gasteiger partial charge on any atom is -0.506 e. The van der Waals surface area contributed by atoms with Gasteiger partial charge in [0.1, 0.15) is 5.75 Å². The SMILES string of the molecule is NCC1(C(=O)Nc2cc(Br)ccc2O)CC1. The topological polar surface area (TPSA) is 75.4 Å². The maximum Gasteiger partial charge on any atom is 0.231 e. The molecule has 0 bridgehead atoms. The Bertz CT molecular complexity index is 430. The summed E-state index contributed by atoms with van der Waals surface area (Å²) in [5.74, 6) is -0.0484. The largest absolute Gasteiger partial charge is 0.506 e. The van der Waals surface area contributed by atoms with Crippen LogP contribution in [0, 0.1) is 5.41 Å². The molecule has 1 aliphatic carbocycles. The second-order valence-corrected chi connectivity index (χ2v) is 5.02. The van der Waals surface area contributed by atoms with Crippen molar-refractivity contribution in [3.05, 3.63) is 22.7 Å². The van der Waals surface area contributed by atoms with Crippen LogP contribution in [0.25, 0.3) is 0 Å². The van der Waals surface area contributed by atoms with Crippen molar-refractivity contribution in [3.8, 4) is 5.75 Å². The van der Waals surface area contributed by atoms with Gasteiger partial charge in [-0.05, 0) is 31.0 Å². The van der Waals surface area contributed by atoms with Crippen molar-refractivity contribution in [1.82, 2.24) is 0 Å². The Hall–Kier alpha value is -1.07. The molecular formula is C11H13BrN2O2. The standard InChI is InChI=1S/C11H13BrN2O2/c12-7-1-2-9(15)8(5-7)14-10(16)11(6-13)3-4-11/h1-2,5,15H,3-4,6,13H2,(H,14,16). The molecule has 5 heteroatoms. The lowest BCUT2D eigenvalue weighted by Crippen LogP contribution is -2.30. The smallest absolute Gasteiger partial charge is 0.231 e. The summed E-state index contributed by atoms with van der Waals surface area (Å²) in [5, 5.41) is 12.3. The fourth-order valence-corrected chi connectivity index (χ4v) is 1.90. The molecule has 0 atom stereocenters. The first kappa shape index (κ1) is 11.4. The Balaban J connectivity index is 2.15. The summed E-state index contributed by atoms with van der Waals surface area (Å²) < 4.78 is 0.804. The number of hydrogen-bond acceptors (Lipinski definition) is 3. The average Bonchev–Trinajstić information content (AvgIpc) is 3.04. The van der Waals surface area contributed by atoms with E-state index in [0.717, 1.165) is 17.3 Å². The van der Waals surface area contributed by atoms with Gasteiger partial charge in [-0.25, -0.2) is 0 Å². The lowest BCUT2D eigenvalue weighted by molar-refractivity contribution is -0.120. The first-order valence-electron chi connectivity index (χ1n) is 5.07. The maximum atomic E-state index is 11.9. The van der Waals surface area contributed by atoms with E-state index in [2.05, 4.69) is 21.2 Å². The number of aromatic hydroxyl groups is 1. The molecular weight excluding hydrogens is 272 g/mol. The summed E-state index contributed by atoms with van der Waals surface area (Å²) >= 11 is 3.28. The molecule has 2 rings (SSSR count). The van der Waals surface area contributed by atoms with Crippen LogP contribution in [0.3, 0.4) is 0 Å². The van der Waals surface area contributed by atoms with Crippen LogP contribution in [-0.4, -0.2) is 17.6 Å². The Labute approximate surface area is 102 Å². The number of carbonyl (C=O) groups is 1. The summed E-state index contributed by atoms with van der Waals surface area (Å²) in [6.07, 6.45) is 1.65. The van der Waals surface area contributed by atoms with Gasteiger partial charge in [0.05, 0.1) is 11.1 Å². The van der Waals surface area contributed by atoms with E-state index in [-0.39, 0.29) is 11.7 Å². The predicted octanol–water partition coefficient (Wildman–Crippen LogP) is 1.83. The molecule has 0 spiro atoms. The van der Waals surface area contributed by atoms with Crippen molar-refractivity contribution in [2.75, 3.05) is 11.9 Å². The van der Waals surface area contributed by atoms with Gasteiger partial charge in [-0.1, -0.05) is 15.9 Å².